The predicted molar refractivity (Wildman–Crippen MR) is 95.2 cm³/mol. The number of carbonyl (C=O) groups excluding carboxylic acids is 1. The molecule has 132 valence electrons. The third-order valence-corrected chi connectivity index (χ3v) is 5.56. The molecule has 5 heteroatoms. The highest BCUT2D eigenvalue weighted by molar-refractivity contribution is 5.78. The maximum atomic E-state index is 12.5. The summed E-state index contributed by atoms with van der Waals surface area (Å²) in [7, 11) is 0. The third-order valence-electron chi connectivity index (χ3n) is 5.56. The van der Waals surface area contributed by atoms with Crippen LogP contribution in [-0.4, -0.2) is 35.6 Å². The van der Waals surface area contributed by atoms with Gasteiger partial charge in [0.05, 0.1) is 12.6 Å². The van der Waals surface area contributed by atoms with Gasteiger partial charge in [-0.15, -0.1) is 0 Å². The fraction of sp³-hybridized carbons (Fsp3) is 0.500. The molecular formula is C20H25N3O2. The van der Waals surface area contributed by atoms with Crippen LogP contribution in [0.25, 0.3) is 0 Å². The van der Waals surface area contributed by atoms with Gasteiger partial charge in [-0.1, -0.05) is 35.5 Å². The number of amides is 1. The van der Waals surface area contributed by atoms with E-state index in [0.717, 1.165) is 50.2 Å². The van der Waals surface area contributed by atoms with Crippen molar-refractivity contribution in [2.75, 3.05) is 19.6 Å². The standard InChI is InChI=1S/C20H25N3O2/c1-15-12-17(22-25-15)18-8-5-11-23(18)13-19(24)21-14-20(9-10-20)16-6-3-2-4-7-16/h2-4,6-7,12,18H,5,8-11,13-14H2,1H3,(H,21,24)/t18-/m1/s1. The van der Waals surface area contributed by atoms with E-state index in [4.69, 9.17) is 4.52 Å². The van der Waals surface area contributed by atoms with Crippen molar-refractivity contribution in [3.8, 4) is 0 Å². The summed E-state index contributed by atoms with van der Waals surface area (Å²) < 4.78 is 5.20. The second-order valence-electron chi connectivity index (χ2n) is 7.41. The maximum absolute atomic E-state index is 12.5. The average Bonchev–Trinajstić information content (AvgIpc) is 3.08. The van der Waals surface area contributed by atoms with Crippen molar-refractivity contribution < 1.29 is 9.32 Å². The zero-order valence-electron chi connectivity index (χ0n) is 14.7. The van der Waals surface area contributed by atoms with Gasteiger partial charge in [-0.2, -0.15) is 0 Å². The van der Waals surface area contributed by atoms with E-state index in [1.165, 1.54) is 5.56 Å². The summed E-state index contributed by atoms with van der Waals surface area (Å²) in [6.07, 6.45) is 4.44. The smallest absolute Gasteiger partial charge is 0.234 e. The van der Waals surface area contributed by atoms with Crippen molar-refractivity contribution in [1.82, 2.24) is 15.4 Å². The maximum Gasteiger partial charge on any atom is 0.234 e. The Balaban J connectivity index is 1.33. The molecule has 2 heterocycles. The number of hydrogen-bond donors (Lipinski definition) is 1. The van der Waals surface area contributed by atoms with Gasteiger partial charge < -0.3 is 9.84 Å². The number of nitrogens with one attached hydrogen (secondary N) is 1. The van der Waals surface area contributed by atoms with E-state index in [0.29, 0.717) is 6.54 Å². The van der Waals surface area contributed by atoms with Gasteiger partial charge in [-0.3, -0.25) is 9.69 Å². The highest BCUT2D eigenvalue weighted by atomic mass is 16.5. The molecule has 1 N–H and O–H groups in total. The number of nitrogens with zero attached hydrogens (tertiary/aromatic N) is 2. The van der Waals surface area contributed by atoms with E-state index in [9.17, 15) is 4.79 Å². The van der Waals surface area contributed by atoms with Gasteiger partial charge >= 0.3 is 0 Å². The molecule has 0 spiro atoms. The lowest BCUT2D eigenvalue weighted by Crippen LogP contribution is -2.40. The quantitative estimate of drug-likeness (QED) is 0.879. The molecule has 1 aromatic carbocycles. The van der Waals surface area contributed by atoms with E-state index in [1.54, 1.807) is 0 Å². The van der Waals surface area contributed by atoms with Crippen molar-refractivity contribution in [3.05, 3.63) is 53.4 Å². The first-order valence-corrected chi connectivity index (χ1v) is 9.16. The molecule has 5 nitrogen and oxygen atoms in total. The predicted octanol–water partition coefficient (Wildman–Crippen LogP) is 2.97. The summed E-state index contributed by atoms with van der Waals surface area (Å²) in [5.41, 5.74) is 2.45. The summed E-state index contributed by atoms with van der Waals surface area (Å²) in [5, 5.41) is 7.31. The molecule has 2 aliphatic rings. The molecule has 1 aliphatic carbocycles. The first-order valence-electron chi connectivity index (χ1n) is 9.16. The average molecular weight is 339 g/mol. The Labute approximate surface area is 148 Å². The van der Waals surface area contributed by atoms with Crippen LogP contribution in [0.5, 0.6) is 0 Å². The molecule has 0 bridgehead atoms. The fourth-order valence-corrected chi connectivity index (χ4v) is 3.91. The Morgan fingerprint density at radius 3 is 2.84 bits per heavy atom. The lowest BCUT2D eigenvalue weighted by molar-refractivity contribution is -0.122. The molecule has 1 aromatic heterocycles. The SMILES string of the molecule is Cc1cc([C@H]2CCCN2CC(=O)NCC2(c3ccccc3)CC2)no1. The van der Waals surface area contributed by atoms with Crippen LogP contribution in [0.2, 0.25) is 0 Å². The van der Waals surface area contributed by atoms with Gasteiger partial charge in [0, 0.05) is 18.0 Å². The van der Waals surface area contributed by atoms with Gasteiger partial charge in [0.15, 0.2) is 0 Å². The minimum Gasteiger partial charge on any atom is -0.361 e. The number of likely N-dealkylation sites (tertiary alicyclic amines) is 1. The van der Waals surface area contributed by atoms with E-state index < -0.39 is 0 Å². The van der Waals surface area contributed by atoms with Crippen LogP contribution in [0.15, 0.2) is 40.9 Å². The molecule has 0 unspecified atom stereocenters. The normalized spacial score (nSPS) is 22.0. The molecule has 2 fully saturated rings. The lowest BCUT2D eigenvalue weighted by Gasteiger charge is -2.23. The second kappa shape index (κ2) is 6.64. The largest absolute Gasteiger partial charge is 0.361 e. The Bertz CT molecular complexity index is 736. The summed E-state index contributed by atoms with van der Waals surface area (Å²) in [6, 6.07) is 12.7. The summed E-state index contributed by atoms with van der Waals surface area (Å²) >= 11 is 0. The van der Waals surface area contributed by atoms with Crippen LogP contribution in [0.3, 0.4) is 0 Å². The van der Waals surface area contributed by atoms with Gasteiger partial charge in [0.25, 0.3) is 0 Å². The summed E-state index contributed by atoms with van der Waals surface area (Å²) in [6.45, 7) is 4.01. The van der Waals surface area contributed by atoms with Crippen molar-refractivity contribution in [2.24, 2.45) is 0 Å². The third kappa shape index (κ3) is 3.47. The van der Waals surface area contributed by atoms with Crippen molar-refractivity contribution in [2.45, 2.75) is 44.1 Å². The van der Waals surface area contributed by atoms with Crippen molar-refractivity contribution in [1.29, 1.82) is 0 Å². The molecule has 1 saturated heterocycles. The number of benzene rings is 1. The summed E-state index contributed by atoms with van der Waals surface area (Å²) in [5.74, 6) is 0.930. The Morgan fingerprint density at radius 1 is 1.36 bits per heavy atom. The molecule has 1 saturated carbocycles. The topological polar surface area (TPSA) is 58.4 Å². The molecular weight excluding hydrogens is 314 g/mol. The summed E-state index contributed by atoms with van der Waals surface area (Å²) in [4.78, 5) is 14.7. The van der Waals surface area contributed by atoms with Gasteiger partial charge in [0.2, 0.25) is 5.91 Å². The van der Waals surface area contributed by atoms with Crippen LogP contribution >= 0.6 is 0 Å². The highest BCUT2D eigenvalue weighted by Crippen LogP contribution is 2.47. The molecule has 1 amide bonds. The van der Waals surface area contributed by atoms with Crippen LogP contribution < -0.4 is 5.32 Å². The molecule has 1 atom stereocenters. The molecule has 1 aliphatic heterocycles. The number of hydrogen-bond acceptors (Lipinski definition) is 4. The first kappa shape index (κ1) is 16.3. The number of carbonyl (C=O) groups is 1. The Morgan fingerprint density at radius 2 is 2.16 bits per heavy atom. The fourth-order valence-electron chi connectivity index (χ4n) is 3.91. The van der Waals surface area contributed by atoms with E-state index >= 15 is 0 Å². The van der Waals surface area contributed by atoms with Gasteiger partial charge in [-0.05, 0) is 44.7 Å². The van der Waals surface area contributed by atoms with Crippen LogP contribution in [0, 0.1) is 6.92 Å². The van der Waals surface area contributed by atoms with Gasteiger partial charge in [-0.25, -0.2) is 0 Å². The molecule has 2 aromatic rings. The Hall–Kier alpha value is -2.14. The number of rotatable bonds is 6. The van der Waals surface area contributed by atoms with E-state index in [1.807, 2.05) is 19.1 Å². The molecule has 25 heavy (non-hydrogen) atoms. The zero-order chi connectivity index (χ0) is 17.3. The molecule has 4 rings (SSSR count). The number of aromatic nitrogens is 1. The number of aryl methyl sites for hydroxylation is 1. The van der Waals surface area contributed by atoms with Crippen molar-refractivity contribution >= 4 is 5.91 Å². The van der Waals surface area contributed by atoms with Gasteiger partial charge in [0.1, 0.15) is 11.5 Å². The monoisotopic (exact) mass is 339 g/mol. The first-order chi connectivity index (χ1) is 12.2. The van der Waals surface area contributed by atoms with Crippen LogP contribution in [0.4, 0.5) is 0 Å². The second-order valence-corrected chi connectivity index (χ2v) is 7.41. The zero-order valence-corrected chi connectivity index (χ0v) is 14.7. The van der Waals surface area contributed by atoms with Crippen LogP contribution in [-0.2, 0) is 10.2 Å². The highest BCUT2D eigenvalue weighted by Gasteiger charge is 2.44. The molecule has 0 radical (unpaired) electrons. The minimum atomic E-state index is 0.106. The Kier molecular flexibility index (Phi) is 4.34. The van der Waals surface area contributed by atoms with E-state index in [2.05, 4.69) is 39.6 Å². The lowest BCUT2D eigenvalue weighted by atomic mass is 9.96. The van der Waals surface area contributed by atoms with Crippen LogP contribution in [0.1, 0.15) is 48.7 Å². The van der Waals surface area contributed by atoms with E-state index in [-0.39, 0.29) is 17.4 Å². The minimum absolute atomic E-state index is 0.106. The van der Waals surface area contributed by atoms with Crippen molar-refractivity contribution in [3.63, 3.8) is 0 Å².